The highest BCUT2D eigenvalue weighted by Gasteiger charge is 2.48. The first-order chi connectivity index (χ1) is 14.8. The molecule has 10 nitrogen and oxygen atoms in total. The average molecular weight is 436 g/mol. The number of hydrogen-bond acceptors (Lipinski definition) is 7. The van der Waals surface area contributed by atoms with Crippen LogP contribution >= 0.6 is 0 Å². The Morgan fingerprint density at radius 2 is 1.94 bits per heavy atom. The fourth-order valence-electron chi connectivity index (χ4n) is 4.36. The molecular formula is C21H33N5O5. The molecule has 0 spiro atoms. The van der Waals surface area contributed by atoms with Crippen molar-refractivity contribution in [3.05, 3.63) is 11.8 Å². The van der Waals surface area contributed by atoms with E-state index in [1.165, 1.54) is 5.06 Å². The number of ether oxygens (including phenoxy) is 1. The van der Waals surface area contributed by atoms with Crippen LogP contribution in [0.2, 0.25) is 0 Å². The molecule has 31 heavy (non-hydrogen) atoms. The zero-order valence-corrected chi connectivity index (χ0v) is 18.9. The number of fused-ring (bicyclic) bond motifs is 2. The largest absolute Gasteiger partial charge is 0.444 e. The van der Waals surface area contributed by atoms with Gasteiger partial charge in [0, 0.05) is 19.6 Å². The first-order valence-electron chi connectivity index (χ1n) is 11.3. The van der Waals surface area contributed by atoms with E-state index in [1.54, 1.807) is 9.80 Å². The summed E-state index contributed by atoms with van der Waals surface area (Å²) < 4.78 is 11.5. The van der Waals surface area contributed by atoms with Crippen LogP contribution in [0, 0.1) is 0 Å². The van der Waals surface area contributed by atoms with Gasteiger partial charge in [-0.2, -0.15) is 5.06 Å². The monoisotopic (exact) mass is 435 g/mol. The minimum absolute atomic E-state index is 0.0201. The van der Waals surface area contributed by atoms with Crippen LogP contribution in [-0.2, 0) is 9.57 Å². The number of likely N-dealkylation sites (tertiary alicyclic amines) is 1. The smallest absolute Gasteiger partial charge is 0.410 e. The average Bonchev–Trinajstić information content (AvgIpc) is 3.42. The maximum absolute atomic E-state index is 12.8. The fraction of sp³-hybridized carbons (Fsp3) is 0.810. The van der Waals surface area contributed by atoms with Gasteiger partial charge in [0.25, 0.3) is 0 Å². The van der Waals surface area contributed by atoms with E-state index in [0.29, 0.717) is 38.0 Å². The van der Waals surface area contributed by atoms with Gasteiger partial charge in [-0.3, -0.25) is 4.84 Å². The Morgan fingerprint density at radius 1 is 1.16 bits per heavy atom. The first kappa shape index (κ1) is 21.9. The quantitative estimate of drug-likeness (QED) is 0.631. The van der Waals surface area contributed by atoms with E-state index in [1.807, 2.05) is 20.8 Å². The topological polar surface area (TPSA) is 101 Å². The lowest BCUT2D eigenvalue weighted by atomic mass is 10.0. The first-order valence-corrected chi connectivity index (χ1v) is 11.3. The third-order valence-corrected chi connectivity index (χ3v) is 5.98. The molecule has 4 rings (SSSR count). The predicted molar refractivity (Wildman–Crippen MR) is 110 cm³/mol. The van der Waals surface area contributed by atoms with Crippen molar-refractivity contribution in [2.45, 2.75) is 83.4 Å². The van der Waals surface area contributed by atoms with Crippen molar-refractivity contribution in [1.82, 2.24) is 25.1 Å². The SMILES string of the molecule is CCCCON1C(=O)N2C[C@@H]1CC[C@H]2c1nnc([C@@H]2CCN(C(=O)OC(C)(C)C)C2)o1. The van der Waals surface area contributed by atoms with E-state index in [4.69, 9.17) is 14.0 Å². The van der Waals surface area contributed by atoms with Crippen LogP contribution in [-0.4, -0.2) is 75.1 Å². The van der Waals surface area contributed by atoms with Crippen molar-refractivity contribution in [3.63, 3.8) is 0 Å². The molecule has 172 valence electrons. The van der Waals surface area contributed by atoms with Crippen LogP contribution in [0.25, 0.3) is 0 Å². The van der Waals surface area contributed by atoms with E-state index in [2.05, 4.69) is 17.1 Å². The van der Waals surface area contributed by atoms with Crippen molar-refractivity contribution in [2.24, 2.45) is 0 Å². The molecule has 1 aromatic rings. The Hall–Kier alpha value is -2.36. The zero-order chi connectivity index (χ0) is 22.2. The van der Waals surface area contributed by atoms with Crippen LogP contribution in [0.1, 0.15) is 83.5 Å². The third kappa shape index (κ3) is 4.63. The van der Waals surface area contributed by atoms with Crippen LogP contribution in [0.5, 0.6) is 0 Å². The molecule has 0 N–H and O–H groups in total. The van der Waals surface area contributed by atoms with Gasteiger partial charge in [-0.05, 0) is 46.5 Å². The third-order valence-electron chi connectivity index (χ3n) is 5.98. The van der Waals surface area contributed by atoms with Gasteiger partial charge in [0.15, 0.2) is 0 Å². The Kier molecular flexibility index (Phi) is 6.09. The van der Waals surface area contributed by atoms with E-state index in [9.17, 15) is 9.59 Å². The molecule has 0 radical (unpaired) electrons. The number of urea groups is 1. The lowest BCUT2D eigenvalue weighted by molar-refractivity contribution is -0.130. The lowest BCUT2D eigenvalue weighted by Gasteiger charge is -2.27. The Labute approximate surface area is 182 Å². The second-order valence-electron chi connectivity index (χ2n) is 9.58. The molecule has 0 aromatic carbocycles. The zero-order valence-electron chi connectivity index (χ0n) is 18.9. The van der Waals surface area contributed by atoms with E-state index in [0.717, 1.165) is 32.1 Å². The number of hydroxylamine groups is 2. The molecule has 0 aliphatic carbocycles. The number of hydrogen-bond donors (Lipinski definition) is 0. The summed E-state index contributed by atoms with van der Waals surface area (Å²) in [6, 6.07) is -0.270. The van der Waals surface area contributed by atoms with Crippen molar-refractivity contribution in [2.75, 3.05) is 26.2 Å². The van der Waals surface area contributed by atoms with Gasteiger partial charge in [0.2, 0.25) is 11.8 Å². The minimum Gasteiger partial charge on any atom is -0.444 e. The Balaban J connectivity index is 1.37. The van der Waals surface area contributed by atoms with E-state index in [-0.39, 0.29) is 30.1 Å². The molecule has 1 aromatic heterocycles. The highest BCUT2D eigenvalue weighted by Crippen LogP contribution is 2.39. The summed E-state index contributed by atoms with van der Waals surface area (Å²) in [4.78, 5) is 34.3. The number of piperidine rings is 1. The molecule has 3 saturated heterocycles. The molecule has 10 heteroatoms. The summed E-state index contributed by atoms with van der Waals surface area (Å²) in [5.74, 6) is 0.965. The second kappa shape index (κ2) is 8.64. The number of carbonyl (C=O) groups is 2. The molecule has 2 bridgehead atoms. The number of rotatable bonds is 6. The summed E-state index contributed by atoms with van der Waals surface area (Å²) in [7, 11) is 0. The standard InChI is InChI=1S/C21H33N5O5/c1-5-6-11-29-26-15-7-8-16(25(13-15)19(26)27)18-23-22-17(30-18)14-9-10-24(12-14)20(28)31-21(2,3)4/h14-16H,5-13H2,1-4H3/t14-,15+,16+/m1/s1. The van der Waals surface area contributed by atoms with Crippen LogP contribution < -0.4 is 0 Å². The number of carbonyl (C=O) groups excluding carboxylic acids is 2. The van der Waals surface area contributed by atoms with Gasteiger partial charge in [-0.15, -0.1) is 10.2 Å². The number of aromatic nitrogens is 2. The van der Waals surface area contributed by atoms with Gasteiger partial charge in [0.1, 0.15) is 11.6 Å². The summed E-state index contributed by atoms with van der Waals surface area (Å²) in [5, 5.41) is 10.0. The Morgan fingerprint density at radius 3 is 2.68 bits per heavy atom. The molecule has 3 amide bonds. The van der Waals surface area contributed by atoms with Gasteiger partial charge < -0.3 is 19.0 Å². The number of nitrogens with zero attached hydrogens (tertiary/aromatic N) is 5. The summed E-state index contributed by atoms with van der Waals surface area (Å²) in [5.41, 5.74) is -0.526. The van der Waals surface area contributed by atoms with E-state index < -0.39 is 5.60 Å². The lowest BCUT2D eigenvalue weighted by Crippen LogP contribution is -2.35. The van der Waals surface area contributed by atoms with Gasteiger partial charge >= 0.3 is 12.1 Å². The summed E-state index contributed by atoms with van der Waals surface area (Å²) >= 11 is 0. The number of unbranched alkanes of at least 4 members (excludes halogenated alkanes) is 1. The van der Waals surface area contributed by atoms with Crippen LogP contribution in [0.3, 0.4) is 0 Å². The molecule has 3 atom stereocenters. The van der Waals surface area contributed by atoms with Gasteiger partial charge in [-0.25, -0.2) is 9.59 Å². The van der Waals surface area contributed by atoms with E-state index >= 15 is 0 Å². The molecule has 3 aliphatic rings. The molecule has 3 aliphatic heterocycles. The van der Waals surface area contributed by atoms with Crippen molar-refractivity contribution in [3.8, 4) is 0 Å². The van der Waals surface area contributed by atoms with Gasteiger partial charge in [0.05, 0.1) is 18.6 Å². The summed E-state index contributed by atoms with van der Waals surface area (Å²) in [6.07, 6.45) is 3.98. The van der Waals surface area contributed by atoms with Crippen molar-refractivity contribution >= 4 is 12.1 Å². The highest BCUT2D eigenvalue weighted by molar-refractivity contribution is 5.77. The molecular weight excluding hydrogens is 402 g/mol. The maximum atomic E-state index is 12.8. The molecule has 4 heterocycles. The van der Waals surface area contributed by atoms with Crippen molar-refractivity contribution in [1.29, 1.82) is 0 Å². The van der Waals surface area contributed by atoms with Crippen LogP contribution in [0.15, 0.2) is 4.42 Å². The highest BCUT2D eigenvalue weighted by atomic mass is 16.7. The normalized spacial score (nSPS) is 26.1. The molecule has 0 unspecified atom stereocenters. The maximum Gasteiger partial charge on any atom is 0.410 e. The summed E-state index contributed by atoms with van der Waals surface area (Å²) in [6.45, 7) is 9.91. The van der Waals surface area contributed by atoms with Crippen molar-refractivity contribution < 1.29 is 23.6 Å². The predicted octanol–water partition coefficient (Wildman–Crippen LogP) is 3.47. The minimum atomic E-state index is -0.526. The fourth-order valence-corrected chi connectivity index (χ4v) is 4.36. The second-order valence-corrected chi connectivity index (χ2v) is 9.58. The van der Waals surface area contributed by atoms with Gasteiger partial charge in [-0.1, -0.05) is 13.3 Å². The molecule has 0 saturated carbocycles. The number of amides is 3. The Bertz CT molecular complexity index is 806. The van der Waals surface area contributed by atoms with Crippen LogP contribution in [0.4, 0.5) is 9.59 Å². The molecule has 3 fully saturated rings.